The van der Waals surface area contributed by atoms with Crippen LogP contribution in [0.5, 0.6) is 23.8 Å². The first-order valence-corrected chi connectivity index (χ1v) is 27.9. The fraction of sp³-hybridized carbons (Fsp3) is 0.345. The summed E-state index contributed by atoms with van der Waals surface area (Å²) in [6, 6.07) is 15.3. The molecule has 24 heteroatoms. The molecule has 2 aromatic carbocycles. The van der Waals surface area contributed by atoms with Crippen molar-refractivity contribution >= 4 is 69.6 Å². The van der Waals surface area contributed by atoms with Crippen molar-refractivity contribution in [2.75, 3.05) is 38.2 Å². The van der Waals surface area contributed by atoms with Gasteiger partial charge in [0.1, 0.15) is 35.1 Å². The Labute approximate surface area is 492 Å². The number of halogens is 4. The van der Waals surface area contributed by atoms with Crippen LogP contribution in [-0.4, -0.2) is 88.4 Å². The Morgan fingerprint density at radius 3 is 1.34 bits per heavy atom. The number of rotatable bonds is 18. The van der Waals surface area contributed by atoms with Crippen molar-refractivity contribution in [1.29, 1.82) is 0 Å². The average Bonchev–Trinajstić information content (AvgIpc) is 4.31. The van der Waals surface area contributed by atoms with Gasteiger partial charge in [-0.3, -0.25) is 29.0 Å². The third-order valence-electron chi connectivity index (χ3n) is 15.2. The molecule has 20 nitrogen and oxygen atoms in total. The highest BCUT2D eigenvalue weighted by Crippen LogP contribution is 2.48. The number of fused-ring (bicyclic) bond motifs is 2. The van der Waals surface area contributed by atoms with E-state index in [0.29, 0.717) is 92.4 Å². The summed E-state index contributed by atoms with van der Waals surface area (Å²) < 4.78 is 28.6. The van der Waals surface area contributed by atoms with Crippen molar-refractivity contribution in [2.45, 2.75) is 84.5 Å². The molecule has 0 bridgehead atoms. The number of benzene rings is 2. The summed E-state index contributed by atoms with van der Waals surface area (Å²) in [6.07, 6.45) is 5.03. The molecule has 8 heterocycles. The highest BCUT2D eigenvalue weighted by Gasteiger charge is 2.48. The molecule has 6 aromatic heterocycles. The van der Waals surface area contributed by atoms with Crippen LogP contribution in [0.4, 0.5) is 11.4 Å². The van der Waals surface area contributed by atoms with Gasteiger partial charge in [-0.2, -0.15) is 9.97 Å². The topological polar surface area (TPSA) is 209 Å². The number of anilines is 2. The molecular formula is C58H58Cl4N12O8. The Balaban J connectivity index is 0.957. The first kappa shape index (κ1) is 57.5. The van der Waals surface area contributed by atoms with Crippen molar-refractivity contribution < 1.29 is 28.5 Å². The van der Waals surface area contributed by atoms with E-state index in [2.05, 4.69) is 19.9 Å². The third kappa shape index (κ3) is 9.81. The number of hydrogen-bond donors (Lipinski definition) is 0. The molecule has 2 aliphatic heterocycles. The summed E-state index contributed by atoms with van der Waals surface area (Å²) >= 11 is 27.3. The molecule has 8 aromatic rings. The van der Waals surface area contributed by atoms with Crippen LogP contribution >= 0.6 is 46.4 Å². The summed E-state index contributed by atoms with van der Waals surface area (Å²) in [4.78, 5) is 89.7. The van der Waals surface area contributed by atoms with Gasteiger partial charge in [0.15, 0.2) is 11.4 Å². The third-order valence-corrected chi connectivity index (χ3v) is 16.3. The van der Waals surface area contributed by atoms with E-state index >= 15 is 0 Å². The lowest BCUT2D eigenvalue weighted by Crippen LogP contribution is -2.37. The molecular weight excluding hydrogens is 1130 g/mol. The largest absolute Gasteiger partial charge is 0.480 e. The molecule has 0 saturated heterocycles. The summed E-state index contributed by atoms with van der Waals surface area (Å²) in [5.74, 6) is 0.106. The van der Waals surface area contributed by atoms with Crippen LogP contribution in [0.3, 0.4) is 0 Å². The molecule has 0 aliphatic carbocycles. The molecule has 82 heavy (non-hydrogen) atoms. The maximum absolute atomic E-state index is 15.0. The number of aromatic nitrogens is 10. The van der Waals surface area contributed by atoms with E-state index in [9.17, 15) is 19.2 Å². The van der Waals surface area contributed by atoms with Crippen LogP contribution in [0.2, 0.25) is 20.1 Å². The van der Waals surface area contributed by atoms with Crippen LogP contribution in [0.1, 0.15) is 127 Å². The summed E-state index contributed by atoms with van der Waals surface area (Å²) in [5.41, 5.74) is 3.90. The fourth-order valence-electron chi connectivity index (χ4n) is 11.1. The molecule has 1 unspecified atom stereocenters. The van der Waals surface area contributed by atoms with Gasteiger partial charge in [0.2, 0.25) is 11.8 Å². The summed E-state index contributed by atoms with van der Waals surface area (Å²) in [5, 5.41) is 1.53. The minimum atomic E-state index is -0.834. The van der Waals surface area contributed by atoms with E-state index in [1.54, 1.807) is 50.5 Å². The second kappa shape index (κ2) is 22.9. The van der Waals surface area contributed by atoms with E-state index in [0.717, 1.165) is 0 Å². The van der Waals surface area contributed by atoms with Gasteiger partial charge in [-0.05, 0) is 100 Å². The Hall–Kier alpha value is -7.78. The minimum absolute atomic E-state index is 0.0572. The lowest BCUT2D eigenvalue weighted by atomic mass is 9.93. The Morgan fingerprint density at radius 1 is 0.561 bits per heavy atom. The lowest BCUT2D eigenvalue weighted by molar-refractivity contribution is 0.0981. The molecule has 0 radical (unpaired) electrons. The van der Waals surface area contributed by atoms with Crippen molar-refractivity contribution in [2.24, 2.45) is 20.0 Å². The standard InChI is InChI=1S/C58H58Cl4N12O8/c1-12-30(23-40-38(62)25-42(54(76)70(40)7)74-46(32-16-20-34(60)21-17-32)48-44(56(74)78)66-50(72(48)29(4)5)36-27-64-58(82-11)68-52(36)80-9)13-22-39-37(61)24-41(53(75)69(39)6)73-45(31-14-18-33(59)19-15-31)47-43(55(73)77)65-49(71(47)28(2)3)35-26-63-57(81-10)67-51(35)79-8/h14-21,24-30,45-46H,12-13,22-23H2,1-11H3/t30?,45-,46+/m1/s1. The van der Waals surface area contributed by atoms with Crippen molar-refractivity contribution in [3.63, 3.8) is 0 Å². The van der Waals surface area contributed by atoms with E-state index in [1.165, 1.54) is 59.8 Å². The molecule has 426 valence electrons. The van der Waals surface area contributed by atoms with Crippen LogP contribution in [-0.2, 0) is 26.9 Å². The molecule has 0 fully saturated rings. The second-order valence-corrected chi connectivity index (χ2v) is 22.2. The lowest BCUT2D eigenvalue weighted by Gasteiger charge is -2.29. The number of amides is 2. The number of nitrogens with zero attached hydrogens (tertiary/aromatic N) is 12. The van der Waals surface area contributed by atoms with Crippen LogP contribution in [0.25, 0.3) is 22.8 Å². The van der Waals surface area contributed by atoms with E-state index in [1.807, 2.05) is 68.0 Å². The zero-order valence-electron chi connectivity index (χ0n) is 46.8. The summed E-state index contributed by atoms with van der Waals surface area (Å²) in [6.45, 7) is 9.91. The molecule has 10 rings (SSSR count). The number of ether oxygens (including phenoxy) is 4. The van der Waals surface area contributed by atoms with Gasteiger partial charge in [-0.25, -0.2) is 19.9 Å². The fourth-order valence-corrected chi connectivity index (χ4v) is 12.0. The number of pyridine rings is 2. The summed E-state index contributed by atoms with van der Waals surface area (Å²) in [7, 11) is 9.13. The maximum atomic E-state index is 15.0. The maximum Gasteiger partial charge on any atom is 0.319 e. The molecule has 0 N–H and O–H groups in total. The van der Waals surface area contributed by atoms with Gasteiger partial charge in [-0.15, -0.1) is 0 Å². The first-order chi connectivity index (χ1) is 39.3. The zero-order chi connectivity index (χ0) is 58.7. The molecule has 3 atom stereocenters. The average molecular weight is 1190 g/mol. The SMILES string of the molecule is CCC(CCc1c(Cl)cc(N2C(=O)c3nc(-c4cnc(OC)nc4OC)n(C(C)C)c3[C@H]2c2ccc(Cl)cc2)c(=O)n1C)Cc1c(Cl)cc(N2C(=O)c3nc(-c4cnc(OC)nc4OC)n(C(C)C)c3[C@@H]2c2ccc(Cl)cc2)c(=O)n1C. The Bertz CT molecular complexity index is 3950. The van der Waals surface area contributed by atoms with Crippen molar-refractivity contribution in [3.8, 4) is 46.6 Å². The van der Waals surface area contributed by atoms with Gasteiger partial charge in [0.25, 0.3) is 22.9 Å². The van der Waals surface area contributed by atoms with Gasteiger partial charge >= 0.3 is 12.0 Å². The van der Waals surface area contributed by atoms with Crippen molar-refractivity contribution in [3.05, 3.63) is 159 Å². The van der Waals surface area contributed by atoms with Gasteiger partial charge in [-0.1, -0.05) is 84.0 Å². The molecule has 2 aliphatic rings. The predicted octanol–water partition coefficient (Wildman–Crippen LogP) is 10.9. The van der Waals surface area contributed by atoms with E-state index < -0.39 is 35.0 Å². The van der Waals surface area contributed by atoms with E-state index in [-0.39, 0.29) is 74.6 Å². The predicted molar refractivity (Wildman–Crippen MR) is 313 cm³/mol. The molecule has 0 saturated carbocycles. The second-order valence-electron chi connectivity index (χ2n) is 20.5. The minimum Gasteiger partial charge on any atom is -0.480 e. The highest BCUT2D eigenvalue weighted by atomic mass is 35.5. The number of hydrogen-bond acceptors (Lipinski definition) is 14. The number of carbonyl (C=O) groups is 2. The Kier molecular flexibility index (Phi) is 16.0. The number of methoxy groups -OCH3 is 4. The van der Waals surface area contributed by atoms with Crippen molar-refractivity contribution in [1.82, 2.24) is 48.2 Å². The zero-order valence-corrected chi connectivity index (χ0v) is 49.8. The van der Waals surface area contributed by atoms with Crippen LogP contribution < -0.4 is 39.9 Å². The van der Waals surface area contributed by atoms with Crippen LogP contribution in [0.15, 0.2) is 82.6 Å². The first-order valence-electron chi connectivity index (χ1n) is 26.4. The highest BCUT2D eigenvalue weighted by molar-refractivity contribution is 6.32. The van der Waals surface area contributed by atoms with Gasteiger partial charge in [0, 0.05) is 60.0 Å². The quantitative estimate of drug-likeness (QED) is 0.0783. The smallest absolute Gasteiger partial charge is 0.319 e. The van der Waals surface area contributed by atoms with Gasteiger partial charge < -0.3 is 37.2 Å². The molecule has 0 spiro atoms. The number of imidazole rings is 2. The van der Waals surface area contributed by atoms with Crippen LogP contribution in [0, 0.1) is 5.92 Å². The van der Waals surface area contributed by atoms with Gasteiger partial charge in [0.05, 0.1) is 61.0 Å². The number of carbonyl (C=O) groups excluding carboxylic acids is 2. The monoisotopic (exact) mass is 1190 g/mol. The normalized spacial score (nSPS) is 15.2. The Morgan fingerprint density at radius 2 is 0.963 bits per heavy atom. The molecule has 2 amide bonds. The van der Waals surface area contributed by atoms with E-state index in [4.69, 9.17) is 75.3 Å².